The summed E-state index contributed by atoms with van der Waals surface area (Å²) in [6.45, 7) is 0. The summed E-state index contributed by atoms with van der Waals surface area (Å²) in [5.74, 6) is 0.0167. The number of hydrogen-bond donors (Lipinski definition) is 1. The molecular formula is C27H20ClNO4. The first-order valence-electron chi connectivity index (χ1n) is 10.5. The summed E-state index contributed by atoms with van der Waals surface area (Å²) >= 11 is 5.90. The van der Waals surface area contributed by atoms with E-state index >= 15 is 0 Å². The van der Waals surface area contributed by atoms with Crippen LogP contribution in [-0.4, -0.2) is 19.0 Å². The number of benzene rings is 4. The maximum Gasteiger partial charge on any atom is 0.343 e. The Labute approximate surface area is 195 Å². The average molecular weight is 458 g/mol. The number of carbonyl (C=O) groups is 2. The number of hydrogen-bond acceptors (Lipinski definition) is 4. The van der Waals surface area contributed by atoms with Gasteiger partial charge < -0.3 is 14.8 Å². The van der Waals surface area contributed by atoms with Crippen molar-refractivity contribution in [2.45, 2.75) is 12.3 Å². The summed E-state index contributed by atoms with van der Waals surface area (Å²) in [5.41, 5.74) is 3.17. The highest BCUT2D eigenvalue weighted by atomic mass is 35.5. The van der Waals surface area contributed by atoms with E-state index in [0.29, 0.717) is 28.5 Å². The largest absolute Gasteiger partial charge is 0.493 e. The van der Waals surface area contributed by atoms with Gasteiger partial charge in [0.2, 0.25) is 5.91 Å². The van der Waals surface area contributed by atoms with Crippen molar-refractivity contribution in [2.24, 2.45) is 0 Å². The third-order valence-electron chi connectivity index (χ3n) is 5.86. The van der Waals surface area contributed by atoms with E-state index in [2.05, 4.69) is 17.4 Å². The minimum absolute atomic E-state index is 0.0417. The number of methoxy groups -OCH3 is 1. The van der Waals surface area contributed by atoms with Crippen LogP contribution in [0.25, 0.3) is 10.8 Å². The van der Waals surface area contributed by atoms with Crippen LogP contribution in [0.1, 0.15) is 33.8 Å². The maximum absolute atomic E-state index is 12.6. The summed E-state index contributed by atoms with van der Waals surface area (Å²) < 4.78 is 11.1. The molecule has 4 aromatic rings. The first-order valence-corrected chi connectivity index (χ1v) is 10.9. The third-order valence-corrected chi connectivity index (χ3v) is 6.11. The molecule has 0 fully saturated rings. The summed E-state index contributed by atoms with van der Waals surface area (Å²) in [4.78, 5) is 25.0. The molecule has 1 heterocycles. The van der Waals surface area contributed by atoms with Gasteiger partial charge in [0, 0.05) is 23.0 Å². The van der Waals surface area contributed by atoms with Crippen LogP contribution < -0.4 is 14.8 Å². The Morgan fingerprint density at radius 3 is 2.55 bits per heavy atom. The molecule has 1 N–H and O–H groups in total. The van der Waals surface area contributed by atoms with Crippen molar-refractivity contribution in [3.8, 4) is 11.5 Å². The number of halogens is 1. The molecule has 164 valence electrons. The van der Waals surface area contributed by atoms with Crippen molar-refractivity contribution >= 4 is 39.9 Å². The molecule has 1 atom stereocenters. The van der Waals surface area contributed by atoms with E-state index in [-0.39, 0.29) is 11.8 Å². The average Bonchev–Trinajstić information content (AvgIpc) is 2.83. The van der Waals surface area contributed by atoms with E-state index in [1.807, 2.05) is 36.4 Å². The summed E-state index contributed by atoms with van der Waals surface area (Å²) in [6, 6.07) is 24.0. The van der Waals surface area contributed by atoms with Crippen LogP contribution in [0.5, 0.6) is 11.5 Å². The summed E-state index contributed by atoms with van der Waals surface area (Å²) in [6.07, 6.45) is 0.314. The monoisotopic (exact) mass is 457 g/mol. The predicted octanol–water partition coefficient (Wildman–Crippen LogP) is 6.20. The van der Waals surface area contributed by atoms with Gasteiger partial charge in [0.25, 0.3) is 0 Å². The zero-order valence-corrected chi connectivity index (χ0v) is 18.6. The molecule has 1 aliphatic heterocycles. The molecule has 33 heavy (non-hydrogen) atoms. The van der Waals surface area contributed by atoms with Gasteiger partial charge in [0.05, 0.1) is 12.7 Å². The molecule has 4 aromatic carbocycles. The topological polar surface area (TPSA) is 64.6 Å². The molecule has 0 aliphatic carbocycles. The Morgan fingerprint density at radius 1 is 0.970 bits per heavy atom. The van der Waals surface area contributed by atoms with Gasteiger partial charge in [-0.15, -0.1) is 0 Å². The zero-order chi connectivity index (χ0) is 22.9. The molecule has 0 unspecified atom stereocenters. The van der Waals surface area contributed by atoms with Gasteiger partial charge in [-0.1, -0.05) is 48.0 Å². The van der Waals surface area contributed by atoms with Crippen molar-refractivity contribution in [3.63, 3.8) is 0 Å². The number of fused-ring (bicyclic) bond motifs is 3. The van der Waals surface area contributed by atoms with Gasteiger partial charge in [-0.2, -0.15) is 0 Å². The molecule has 5 rings (SSSR count). The predicted molar refractivity (Wildman–Crippen MR) is 128 cm³/mol. The molecular weight excluding hydrogens is 438 g/mol. The van der Waals surface area contributed by atoms with Crippen LogP contribution in [0.4, 0.5) is 5.69 Å². The lowest BCUT2D eigenvalue weighted by molar-refractivity contribution is -0.116. The number of nitrogens with one attached hydrogen (secondary N) is 1. The summed E-state index contributed by atoms with van der Waals surface area (Å²) in [5, 5.41) is 5.73. The molecule has 0 radical (unpaired) electrons. The lowest BCUT2D eigenvalue weighted by Gasteiger charge is -2.28. The fourth-order valence-electron chi connectivity index (χ4n) is 4.28. The van der Waals surface area contributed by atoms with Crippen LogP contribution in [-0.2, 0) is 4.79 Å². The van der Waals surface area contributed by atoms with Crippen molar-refractivity contribution in [3.05, 3.63) is 101 Å². The van der Waals surface area contributed by atoms with E-state index in [4.69, 9.17) is 21.1 Å². The van der Waals surface area contributed by atoms with E-state index in [1.165, 1.54) is 7.11 Å². The Bertz CT molecular complexity index is 1380. The molecule has 0 aromatic heterocycles. The molecule has 1 amide bonds. The number of rotatable bonds is 4. The SMILES string of the molecule is COc1cc([C@H]2CC(=O)Nc3ccc4ccccc4c32)ccc1OC(=O)c1ccc(Cl)cc1. The van der Waals surface area contributed by atoms with Gasteiger partial charge >= 0.3 is 5.97 Å². The first-order chi connectivity index (χ1) is 16.0. The van der Waals surface area contributed by atoms with Crippen LogP contribution in [0.3, 0.4) is 0 Å². The summed E-state index contributed by atoms with van der Waals surface area (Å²) in [7, 11) is 1.52. The van der Waals surface area contributed by atoms with Gasteiger partial charge in [-0.25, -0.2) is 4.79 Å². The van der Waals surface area contributed by atoms with Gasteiger partial charge in [-0.3, -0.25) is 4.79 Å². The van der Waals surface area contributed by atoms with E-state index in [0.717, 1.165) is 27.6 Å². The lowest BCUT2D eigenvalue weighted by atomic mass is 9.82. The molecule has 5 nitrogen and oxygen atoms in total. The number of carbonyl (C=O) groups excluding carboxylic acids is 2. The standard InChI is InChI=1S/C27H20ClNO4/c1-32-24-14-18(9-13-23(24)33-27(31)17-6-10-19(28)11-7-17)21-15-25(30)29-22-12-8-16-4-2-3-5-20(16)26(21)22/h2-14,21H,15H2,1H3,(H,29,30)/t21-/m1/s1. The van der Waals surface area contributed by atoms with Crippen molar-refractivity contribution in [1.29, 1.82) is 0 Å². The van der Waals surface area contributed by atoms with Gasteiger partial charge in [0.1, 0.15) is 0 Å². The second-order valence-corrected chi connectivity index (χ2v) is 8.30. The minimum Gasteiger partial charge on any atom is -0.493 e. The molecule has 1 aliphatic rings. The number of amides is 1. The van der Waals surface area contributed by atoms with Crippen LogP contribution >= 0.6 is 11.6 Å². The minimum atomic E-state index is -0.508. The van der Waals surface area contributed by atoms with Gasteiger partial charge in [-0.05, 0) is 64.4 Å². The Hall–Kier alpha value is -3.83. The van der Waals surface area contributed by atoms with Crippen molar-refractivity contribution < 1.29 is 19.1 Å². The highest BCUT2D eigenvalue weighted by molar-refractivity contribution is 6.30. The molecule has 6 heteroatoms. The molecule has 0 saturated heterocycles. The maximum atomic E-state index is 12.6. The Morgan fingerprint density at radius 2 is 1.76 bits per heavy atom. The third kappa shape index (κ3) is 4.03. The Balaban J connectivity index is 1.52. The fourth-order valence-corrected chi connectivity index (χ4v) is 4.41. The number of esters is 1. The highest BCUT2D eigenvalue weighted by Gasteiger charge is 2.29. The van der Waals surface area contributed by atoms with E-state index < -0.39 is 5.97 Å². The van der Waals surface area contributed by atoms with Crippen LogP contribution in [0, 0.1) is 0 Å². The van der Waals surface area contributed by atoms with Crippen molar-refractivity contribution in [2.75, 3.05) is 12.4 Å². The zero-order valence-electron chi connectivity index (χ0n) is 17.8. The smallest absolute Gasteiger partial charge is 0.343 e. The highest BCUT2D eigenvalue weighted by Crippen LogP contribution is 2.43. The normalized spacial score (nSPS) is 15.0. The molecule has 0 spiro atoms. The Kier molecular flexibility index (Phi) is 5.48. The lowest BCUT2D eigenvalue weighted by Crippen LogP contribution is -2.23. The van der Waals surface area contributed by atoms with Crippen molar-refractivity contribution in [1.82, 2.24) is 0 Å². The number of anilines is 1. The van der Waals surface area contributed by atoms with E-state index in [9.17, 15) is 9.59 Å². The van der Waals surface area contributed by atoms with Crippen LogP contribution in [0.15, 0.2) is 78.9 Å². The fraction of sp³-hybridized carbons (Fsp3) is 0.111. The second kappa shape index (κ2) is 8.60. The molecule has 0 bridgehead atoms. The number of ether oxygens (including phenoxy) is 2. The second-order valence-electron chi connectivity index (χ2n) is 7.86. The quantitative estimate of drug-likeness (QED) is 0.293. The van der Waals surface area contributed by atoms with Gasteiger partial charge in [0.15, 0.2) is 11.5 Å². The first kappa shape index (κ1) is 21.0. The molecule has 0 saturated carbocycles. The van der Waals surface area contributed by atoms with E-state index in [1.54, 1.807) is 30.3 Å². The van der Waals surface area contributed by atoms with Crippen LogP contribution in [0.2, 0.25) is 5.02 Å².